The van der Waals surface area contributed by atoms with Crippen LogP contribution in [0.2, 0.25) is 0 Å². The summed E-state index contributed by atoms with van der Waals surface area (Å²) in [6.45, 7) is 0. The highest BCUT2D eigenvalue weighted by atomic mass is 79.9. The lowest BCUT2D eigenvalue weighted by Gasteiger charge is -1.99. The van der Waals surface area contributed by atoms with E-state index in [1.807, 2.05) is 0 Å². The summed E-state index contributed by atoms with van der Waals surface area (Å²) in [6, 6.07) is 2.22. The van der Waals surface area contributed by atoms with Crippen molar-refractivity contribution in [2.24, 2.45) is 0 Å². The number of aryl methyl sites for hydroxylation is 1. The first-order valence-electron chi connectivity index (χ1n) is 4.73. The Labute approximate surface area is 115 Å². The molecule has 0 unspecified atom stereocenters. The molecule has 0 spiro atoms. The Morgan fingerprint density at radius 2 is 1.79 bits per heavy atom. The molecule has 0 atom stereocenters. The van der Waals surface area contributed by atoms with E-state index >= 15 is 0 Å². The molecule has 1 aromatic rings. The lowest BCUT2D eigenvalue weighted by molar-refractivity contribution is 0.671. The van der Waals surface area contributed by atoms with E-state index in [1.54, 1.807) is 11.3 Å². The smallest absolute Gasteiger partial charge is 0.0742 e. The fraction of sp³-hybridized carbons (Fsp3) is 0.600. The van der Waals surface area contributed by atoms with Gasteiger partial charge < -0.3 is 0 Å². The van der Waals surface area contributed by atoms with Crippen LogP contribution in [0.3, 0.4) is 0 Å². The first kappa shape index (κ1) is 13.2. The fourth-order valence-corrected chi connectivity index (χ4v) is 4.62. The second-order valence-electron chi connectivity index (χ2n) is 3.20. The first-order chi connectivity index (χ1) is 6.74. The number of unbranched alkanes of at least 4 members (excludes halogenated alkanes) is 3. The molecule has 0 aliphatic heterocycles. The van der Waals surface area contributed by atoms with E-state index in [1.165, 1.54) is 45.2 Å². The highest BCUT2D eigenvalue weighted by molar-refractivity contribution is 9.12. The number of halogens is 3. The number of hydrogen-bond donors (Lipinski definition) is 0. The number of thiophene rings is 1. The van der Waals surface area contributed by atoms with Crippen molar-refractivity contribution in [2.75, 3.05) is 5.33 Å². The third-order valence-corrected chi connectivity index (χ3v) is 5.08. The Morgan fingerprint density at radius 3 is 2.36 bits per heavy atom. The molecule has 0 aliphatic rings. The monoisotopic (exact) mass is 402 g/mol. The van der Waals surface area contributed by atoms with Gasteiger partial charge in [-0.25, -0.2) is 0 Å². The van der Waals surface area contributed by atoms with Crippen molar-refractivity contribution in [3.8, 4) is 0 Å². The molecular weight excluding hydrogens is 392 g/mol. The van der Waals surface area contributed by atoms with Crippen LogP contribution in [-0.2, 0) is 6.42 Å². The van der Waals surface area contributed by atoms with Gasteiger partial charge in [0.25, 0.3) is 0 Å². The van der Waals surface area contributed by atoms with Crippen molar-refractivity contribution in [1.82, 2.24) is 0 Å². The van der Waals surface area contributed by atoms with E-state index in [4.69, 9.17) is 0 Å². The van der Waals surface area contributed by atoms with E-state index < -0.39 is 0 Å². The summed E-state index contributed by atoms with van der Waals surface area (Å²) in [5.41, 5.74) is 1.45. The van der Waals surface area contributed by atoms with E-state index in [0.717, 1.165) is 5.33 Å². The Bertz CT molecular complexity index is 270. The third kappa shape index (κ3) is 4.77. The molecule has 80 valence electrons. The van der Waals surface area contributed by atoms with Crippen molar-refractivity contribution >= 4 is 59.1 Å². The van der Waals surface area contributed by atoms with Gasteiger partial charge in [0.05, 0.1) is 7.57 Å². The average Bonchev–Trinajstić information content (AvgIpc) is 2.45. The molecule has 0 bridgehead atoms. The van der Waals surface area contributed by atoms with Gasteiger partial charge in [-0.15, -0.1) is 11.3 Å². The summed E-state index contributed by atoms with van der Waals surface area (Å²) in [6.07, 6.45) is 6.48. The molecule has 0 aromatic carbocycles. The minimum atomic E-state index is 1.14. The van der Waals surface area contributed by atoms with Gasteiger partial charge in [0.2, 0.25) is 0 Å². The van der Waals surface area contributed by atoms with Crippen LogP contribution in [0.1, 0.15) is 31.2 Å². The maximum absolute atomic E-state index is 3.58. The molecule has 0 aliphatic carbocycles. The van der Waals surface area contributed by atoms with Crippen LogP contribution in [0.4, 0.5) is 0 Å². The summed E-state index contributed by atoms with van der Waals surface area (Å²) in [5.74, 6) is 0. The molecule has 4 heteroatoms. The normalized spacial score (nSPS) is 10.8. The molecule has 1 rings (SSSR count). The van der Waals surface area contributed by atoms with Crippen LogP contribution in [0, 0.1) is 0 Å². The summed E-state index contributed by atoms with van der Waals surface area (Å²) >= 11 is 12.3. The van der Waals surface area contributed by atoms with E-state index in [0.29, 0.717) is 0 Å². The lowest BCUT2D eigenvalue weighted by atomic mass is 10.1. The van der Waals surface area contributed by atoms with Crippen molar-refractivity contribution in [2.45, 2.75) is 32.1 Å². The zero-order chi connectivity index (χ0) is 10.4. The Hall–Kier alpha value is 1.14. The summed E-state index contributed by atoms with van der Waals surface area (Å²) in [7, 11) is 0. The van der Waals surface area contributed by atoms with E-state index in [9.17, 15) is 0 Å². The Morgan fingerprint density at radius 1 is 1.07 bits per heavy atom. The van der Waals surface area contributed by atoms with Gasteiger partial charge in [-0.3, -0.25) is 0 Å². The largest absolute Gasteiger partial charge is 0.121 e. The van der Waals surface area contributed by atoms with E-state index in [2.05, 4.69) is 53.9 Å². The van der Waals surface area contributed by atoms with Crippen molar-refractivity contribution in [3.05, 3.63) is 19.2 Å². The number of alkyl halides is 1. The van der Waals surface area contributed by atoms with Crippen LogP contribution in [0.25, 0.3) is 0 Å². The van der Waals surface area contributed by atoms with Crippen LogP contribution < -0.4 is 0 Å². The van der Waals surface area contributed by atoms with Crippen molar-refractivity contribution < 1.29 is 0 Å². The standard InChI is InChI=1S/C10H13Br3S/c11-6-4-2-1-3-5-8-7-9(12)14-10(8)13/h7H,1-6H2. The van der Waals surface area contributed by atoms with Gasteiger partial charge in [0.1, 0.15) is 0 Å². The maximum Gasteiger partial charge on any atom is 0.0742 e. The quantitative estimate of drug-likeness (QED) is 0.417. The summed E-state index contributed by atoms with van der Waals surface area (Å²) in [4.78, 5) is 0. The van der Waals surface area contributed by atoms with Gasteiger partial charge in [-0.2, -0.15) is 0 Å². The third-order valence-electron chi connectivity index (χ3n) is 2.06. The van der Waals surface area contributed by atoms with Crippen LogP contribution in [-0.4, -0.2) is 5.33 Å². The predicted octanol–water partition coefficient (Wildman–Crippen LogP) is 5.77. The highest BCUT2D eigenvalue weighted by Gasteiger charge is 2.04. The van der Waals surface area contributed by atoms with Crippen LogP contribution in [0.5, 0.6) is 0 Å². The molecule has 0 amide bonds. The lowest BCUT2D eigenvalue weighted by Crippen LogP contribution is -1.84. The summed E-state index contributed by atoms with van der Waals surface area (Å²) < 4.78 is 2.50. The van der Waals surface area contributed by atoms with Gasteiger partial charge >= 0.3 is 0 Å². The molecule has 0 fully saturated rings. The number of hydrogen-bond acceptors (Lipinski definition) is 1. The zero-order valence-electron chi connectivity index (χ0n) is 7.86. The van der Waals surface area contributed by atoms with Gasteiger partial charge in [-0.05, 0) is 62.8 Å². The molecule has 14 heavy (non-hydrogen) atoms. The summed E-state index contributed by atoms with van der Waals surface area (Å²) in [5, 5.41) is 1.14. The highest BCUT2D eigenvalue weighted by Crippen LogP contribution is 2.32. The van der Waals surface area contributed by atoms with Gasteiger partial charge in [0, 0.05) is 5.33 Å². The average molecular weight is 405 g/mol. The molecule has 0 saturated heterocycles. The van der Waals surface area contributed by atoms with E-state index in [-0.39, 0.29) is 0 Å². The molecule has 0 radical (unpaired) electrons. The topological polar surface area (TPSA) is 0 Å². The fourth-order valence-electron chi connectivity index (χ4n) is 1.31. The Kier molecular flexibility index (Phi) is 7.00. The second kappa shape index (κ2) is 7.42. The molecule has 0 saturated carbocycles. The molecule has 0 nitrogen and oxygen atoms in total. The van der Waals surface area contributed by atoms with Crippen molar-refractivity contribution in [1.29, 1.82) is 0 Å². The molecule has 0 N–H and O–H groups in total. The maximum atomic E-state index is 3.58. The minimum Gasteiger partial charge on any atom is -0.121 e. The Balaban J connectivity index is 2.21. The van der Waals surface area contributed by atoms with Crippen LogP contribution in [0.15, 0.2) is 13.6 Å². The van der Waals surface area contributed by atoms with Gasteiger partial charge in [0.15, 0.2) is 0 Å². The first-order valence-corrected chi connectivity index (χ1v) is 8.26. The van der Waals surface area contributed by atoms with Crippen LogP contribution >= 0.6 is 59.1 Å². The van der Waals surface area contributed by atoms with Gasteiger partial charge in [-0.1, -0.05) is 28.8 Å². The molecule has 1 aromatic heterocycles. The minimum absolute atomic E-state index is 1.14. The molecule has 1 heterocycles. The SMILES string of the molecule is BrCCCCCCc1cc(Br)sc1Br. The van der Waals surface area contributed by atoms with Crippen molar-refractivity contribution in [3.63, 3.8) is 0 Å². The number of rotatable bonds is 6. The zero-order valence-corrected chi connectivity index (χ0v) is 13.4. The molecular formula is C10H13Br3S. The second-order valence-corrected chi connectivity index (χ2v) is 7.74. The predicted molar refractivity (Wildman–Crippen MR) is 75.7 cm³/mol.